The average Bonchev–Trinajstić information content (AvgIpc) is 2.42. The van der Waals surface area contributed by atoms with Gasteiger partial charge in [-0.3, -0.25) is 10.1 Å². The van der Waals surface area contributed by atoms with E-state index in [2.05, 4.69) is 37.8 Å². The van der Waals surface area contributed by atoms with E-state index in [1.165, 1.54) is 32.8 Å². The Morgan fingerprint density at radius 2 is 2.14 bits per heavy atom. The Bertz CT molecular complexity index is 322. The van der Waals surface area contributed by atoms with Crippen molar-refractivity contribution >= 4 is 17.7 Å². The van der Waals surface area contributed by atoms with Gasteiger partial charge in [-0.2, -0.15) is 11.8 Å². The van der Waals surface area contributed by atoms with Crippen LogP contribution < -0.4 is 5.32 Å². The molecule has 4 heteroatoms. The Morgan fingerprint density at radius 1 is 1.43 bits per heavy atom. The summed E-state index contributed by atoms with van der Waals surface area (Å²) in [6.45, 7) is 8.47. The summed E-state index contributed by atoms with van der Waals surface area (Å²) in [6, 6.07) is 0.279. The van der Waals surface area contributed by atoms with E-state index in [1.807, 2.05) is 6.92 Å². The van der Waals surface area contributed by atoms with Crippen LogP contribution in [0.1, 0.15) is 66.2 Å². The van der Waals surface area contributed by atoms with E-state index < -0.39 is 5.54 Å². The molecule has 0 aromatic carbocycles. The first-order chi connectivity index (χ1) is 9.87. The molecule has 1 aliphatic rings. The van der Waals surface area contributed by atoms with Gasteiger partial charge in [0.25, 0.3) is 0 Å². The standard InChI is InChI=1S/C17H33NO2S/c1-13(2)18-17(4,16(19)20-5)10-7-11-21-15-9-6-8-14(3)12-15/h13-15,18H,6-12H2,1-5H3. The number of esters is 1. The van der Waals surface area contributed by atoms with Crippen molar-refractivity contribution in [1.82, 2.24) is 5.32 Å². The second kappa shape index (κ2) is 9.04. The molecule has 0 amide bonds. The van der Waals surface area contributed by atoms with Crippen molar-refractivity contribution in [1.29, 1.82) is 0 Å². The summed E-state index contributed by atoms with van der Waals surface area (Å²) in [5, 5.41) is 4.20. The lowest BCUT2D eigenvalue weighted by molar-refractivity contribution is -0.148. The molecule has 1 saturated carbocycles. The van der Waals surface area contributed by atoms with E-state index in [0.29, 0.717) is 0 Å². The predicted molar refractivity (Wildman–Crippen MR) is 91.8 cm³/mol. The third-order valence-electron chi connectivity index (χ3n) is 4.31. The molecule has 0 bridgehead atoms. The normalized spacial score (nSPS) is 25.6. The van der Waals surface area contributed by atoms with Gasteiger partial charge in [-0.05, 0) is 58.1 Å². The Labute approximate surface area is 135 Å². The predicted octanol–water partition coefficient (Wildman–Crippen LogP) is 4.01. The quantitative estimate of drug-likeness (QED) is 0.542. The third-order valence-corrected chi connectivity index (χ3v) is 5.73. The van der Waals surface area contributed by atoms with Gasteiger partial charge in [0, 0.05) is 11.3 Å². The summed E-state index contributed by atoms with van der Waals surface area (Å²) in [7, 11) is 1.47. The molecule has 3 unspecified atom stereocenters. The van der Waals surface area contributed by atoms with Crippen LogP contribution in [-0.2, 0) is 9.53 Å². The van der Waals surface area contributed by atoms with Gasteiger partial charge in [-0.25, -0.2) is 0 Å². The Kier molecular flexibility index (Phi) is 8.10. The molecule has 0 saturated heterocycles. The second-order valence-corrected chi connectivity index (χ2v) is 8.40. The molecule has 1 fully saturated rings. The van der Waals surface area contributed by atoms with Crippen molar-refractivity contribution in [3.8, 4) is 0 Å². The highest BCUT2D eigenvalue weighted by molar-refractivity contribution is 7.99. The van der Waals surface area contributed by atoms with Gasteiger partial charge in [-0.15, -0.1) is 0 Å². The summed E-state index contributed by atoms with van der Waals surface area (Å²) in [5.41, 5.74) is -0.552. The minimum atomic E-state index is -0.552. The van der Waals surface area contributed by atoms with Gasteiger partial charge in [-0.1, -0.05) is 19.8 Å². The molecule has 3 atom stereocenters. The molecule has 21 heavy (non-hydrogen) atoms. The number of ether oxygens (including phenoxy) is 1. The maximum Gasteiger partial charge on any atom is 0.325 e. The Morgan fingerprint density at radius 3 is 2.71 bits per heavy atom. The molecule has 0 aromatic heterocycles. The lowest BCUT2D eigenvalue weighted by Gasteiger charge is -2.31. The van der Waals surface area contributed by atoms with Crippen LogP contribution in [0, 0.1) is 5.92 Å². The summed E-state index contributed by atoms with van der Waals surface area (Å²) in [4.78, 5) is 12.0. The molecule has 0 heterocycles. The fourth-order valence-corrected chi connectivity index (χ4v) is 4.74. The molecule has 1 rings (SSSR count). The molecule has 1 N–H and O–H groups in total. The van der Waals surface area contributed by atoms with Crippen LogP contribution in [0.2, 0.25) is 0 Å². The maximum absolute atomic E-state index is 12.0. The fourth-order valence-electron chi connectivity index (χ4n) is 3.30. The zero-order chi connectivity index (χ0) is 15.9. The number of methoxy groups -OCH3 is 1. The van der Waals surface area contributed by atoms with Crippen molar-refractivity contribution in [2.24, 2.45) is 5.92 Å². The summed E-state index contributed by atoms with van der Waals surface area (Å²) < 4.78 is 4.97. The number of nitrogens with one attached hydrogen (secondary N) is 1. The van der Waals surface area contributed by atoms with Gasteiger partial charge < -0.3 is 4.74 Å². The minimum Gasteiger partial charge on any atom is -0.468 e. The van der Waals surface area contributed by atoms with Crippen LogP contribution in [-0.4, -0.2) is 35.7 Å². The number of carbonyl (C=O) groups is 1. The van der Waals surface area contributed by atoms with Crippen LogP contribution in [0.15, 0.2) is 0 Å². The van der Waals surface area contributed by atoms with Gasteiger partial charge in [0.1, 0.15) is 5.54 Å². The first-order valence-corrected chi connectivity index (χ1v) is 9.40. The third kappa shape index (κ3) is 6.60. The van der Waals surface area contributed by atoms with Crippen LogP contribution in [0.4, 0.5) is 0 Å². The highest BCUT2D eigenvalue weighted by atomic mass is 32.2. The largest absolute Gasteiger partial charge is 0.468 e. The van der Waals surface area contributed by atoms with E-state index in [9.17, 15) is 4.79 Å². The highest BCUT2D eigenvalue weighted by Crippen LogP contribution is 2.32. The van der Waals surface area contributed by atoms with E-state index in [0.717, 1.165) is 29.8 Å². The first kappa shape index (κ1) is 18.8. The number of hydrogen-bond acceptors (Lipinski definition) is 4. The average molecular weight is 316 g/mol. The van der Waals surface area contributed by atoms with Crippen molar-refractivity contribution in [3.63, 3.8) is 0 Å². The van der Waals surface area contributed by atoms with Gasteiger partial charge in [0.15, 0.2) is 0 Å². The van der Waals surface area contributed by atoms with Crippen molar-refractivity contribution in [3.05, 3.63) is 0 Å². The summed E-state index contributed by atoms with van der Waals surface area (Å²) in [5.74, 6) is 1.88. The number of hydrogen-bond donors (Lipinski definition) is 1. The topological polar surface area (TPSA) is 38.3 Å². The van der Waals surface area contributed by atoms with Crippen LogP contribution >= 0.6 is 11.8 Å². The SMILES string of the molecule is COC(=O)C(C)(CCCSC1CCCC(C)C1)NC(C)C. The summed E-state index contributed by atoms with van der Waals surface area (Å²) >= 11 is 2.10. The van der Waals surface area contributed by atoms with Crippen LogP contribution in [0.5, 0.6) is 0 Å². The molecular weight excluding hydrogens is 282 g/mol. The first-order valence-electron chi connectivity index (χ1n) is 8.35. The second-order valence-electron chi connectivity index (χ2n) is 6.99. The lowest BCUT2D eigenvalue weighted by Crippen LogP contribution is -2.53. The number of thioether (sulfide) groups is 1. The van der Waals surface area contributed by atoms with Crippen molar-refractivity contribution < 1.29 is 9.53 Å². The molecule has 0 aliphatic heterocycles. The van der Waals surface area contributed by atoms with Crippen molar-refractivity contribution in [2.45, 2.75) is 83.1 Å². The molecule has 0 spiro atoms. The van der Waals surface area contributed by atoms with Gasteiger partial charge in [0.2, 0.25) is 0 Å². The molecule has 0 radical (unpaired) electrons. The molecule has 124 valence electrons. The van der Waals surface area contributed by atoms with E-state index in [4.69, 9.17) is 4.74 Å². The minimum absolute atomic E-state index is 0.146. The molecule has 3 nitrogen and oxygen atoms in total. The Hall–Kier alpha value is -0.220. The van der Waals surface area contributed by atoms with E-state index >= 15 is 0 Å². The lowest BCUT2D eigenvalue weighted by atomic mass is 9.91. The Balaban J connectivity index is 2.34. The maximum atomic E-state index is 12.0. The number of rotatable bonds is 8. The molecular formula is C17H33NO2S. The summed E-state index contributed by atoms with van der Waals surface area (Å²) in [6.07, 6.45) is 7.41. The van der Waals surface area contributed by atoms with Crippen LogP contribution in [0.25, 0.3) is 0 Å². The highest BCUT2D eigenvalue weighted by Gasteiger charge is 2.34. The van der Waals surface area contributed by atoms with Gasteiger partial charge in [0.05, 0.1) is 7.11 Å². The van der Waals surface area contributed by atoms with E-state index in [-0.39, 0.29) is 12.0 Å². The zero-order valence-electron chi connectivity index (χ0n) is 14.4. The van der Waals surface area contributed by atoms with Crippen molar-refractivity contribution in [2.75, 3.05) is 12.9 Å². The zero-order valence-corrected chi connectivity index (χ0v) is 15.2. The smallest absolute Gasteiger partial charge is 0.325 e. The fraction of sp³-hybridized carbons (Fsp3) is 0.941. The monoisotopic (exact) mass is 315 g/mol. The van der Waals surface area contributed by atoms with Gasteiger partial charge >= 0.3 is 5.97 Å². The van der Waals surface area contributed by atoms with E-state index in [1.54, 1.807) is 0 Å². The molecule has 1 aliphatic carbocycles. The molecule has 0 aromatic rings. The van der Waals surface area contributed by atoms with Crippen LogP contribution in [0.3, 0.4) is 0 Å². The number of carbonyl (C=O) groups excluding carboxylic acids is 1.